The number of pyridine rings is 1. The molecule has 1 aromatic carbocycles. The number of halogens is 10. The molecule has 43 heavy (non-hydrogen) atoms. The number of aromatic nitrogens is 1. The van der Waals surface area contributed by atoms with Crippen LogP contribution in [0.2, 0.25) is 5.02 Å². The molecule has 0 radical (unpaired) electrons. The summed E-state index contributed by atoms with van der Waals surface area (Å²) in [5.41, 5.74) is -5.13. The molecular weight excluding hydrogens is 615 g/mol. The van der Waals surface area contributed by atoms with E-state index in [0.29, 0.717) is 11.8 Å². The van der Waals surface area contributed by atoms with E-state index in [1.54, 1.807) is 6.07 Å². The van der Waals surface area contributed by atoms with E-state index >= 15 is 0 Å². The molecule has 234 valence electrons. The normalized spacial score (nSPS) is 23.4. The van der Waals surface area contributed by atoms with E-state index in [-0.39, 0.29) is 33.8 Å². The first-order valence-corrected chi connectivity index (χ1v) is 13.4. The minimum atomic E-state index is -5.12. The summed E-state index contributed by atoms with van der Waals surface area (Å²) in [5, 5.41) is 0.117. The molecule has 14 heteroatoms. The molecule has 2 aromatic rings. The lowest BCUT2D eigenvalue weighted by molar-refractivity contribution is -0.137. The van der Waals surface area contributed by atoms with Gasteiger partial charge in [0.15, 0.2) is 0 Å². The molecule has 0 spiro atoms. The van der Waals surface area contributed by atoms with E-state index < -0.39 is 71.9 Å². The summed E-state index contributed by atoms with van der Waals surface area (Å²) in [4.78, 5) is 18.5. The van der Waals surface area contributed by atoms with Gasteiger partial charge in [-0.2, -0.15) is 39.5 Å². The molecule has 2 heterocycles. The van der Waals surface area contributed by atoms with Crippen LogP contribution in [0.4, 0.5) is 44.3 Å². The van der Waals surface area contributed by atoms with Crippen LogP contribution in [0.3, 0.4) is 0 Å². The molecule has 1 saturated heterocycles. The van der Waals surface area contributed by atoms with Crippen molar-refractivity contribution in [2.24, 2.45) is 5.41 Å². The van der Waals surface area contributed by atoms with Crippen LogP contribution in [0.1, 0.15) is 56.9 Å². The molecule has 4 rings (SSSR count). The summed E-state index contributed by atoms with van der Waals surface area (Å²) in [7, 11) is 0. The second-order valence-electron chi connectivity index (χ2n) is 11.2. The van der Waals surface area contributed by atoms with Gasteiger partial charge < -0.3 is 4.74 Å². The van der Waals surface area contributed by atoms with Crippen LogP contribution in [0, 0.1) is 5.41 Å². The van der Waals surface area contributed by atoms with Crippen molar-refractivity contribution in [1.82, 2.24) is 9.88 Å². The van der Waals surface area contributed by atoms with Crippen LogP contribution in [-0.4, -0.2) is 40.5 Å². The SMILES string of the molecule is CC(C)c1ccc(Cl)c(-c2ccc(C(F)(F)F)cc2CN2C(=O)O[C@H](C3(C)C=C(C(F)(F)F)C=C(C(F)(F)F)C3)[C@@H]2C)n1. The van der Waals surface area contributed by atoms with E-state index in [4.69, 9.17) is 16.3 Å². The van der Waals surface area contributed by atoms with Crippen molar-refractivity contribution in [3.63, 3.8) is 0 Å². The highest BCUT2D eigenvalue weighted by atomic mass is 35.5. The number of allylic oxidation sites excluding steroid dienone is 3. The first-order chi connectivity index (χ1) is 19.6. The fraction of sp³-hybridized carbons (Fsp3) is 0.448. The van der Waals surface area contributed by atoms with Gasteiger partial charge in [0, 0.05) is 22.2 Å². The van der Waals surface area contributed by atoms with E-state index in [1.807, 2.05) is 13.8 Å². The van der Waals surface area contributed by atoms with Gasteiger partial charge in [0.1, 0.15) is 6.10 Å². The summed E-state index contributed by atoms with van der Waals surface area (Å²) in [6, 6.07) is 4.83. The first-order valence-electron chi connectivity index (χ1n) is 13.0. The molecule has 1 amide bonds. The second kappa shape index (κ2) is 11.0. The molecule has 1 aliphatic carbocycles. The number of hydrogen-bond donors (Lipinski definition) is 0. The number of nitrogens with zero attached hydrogens (tertiary/aromatic N) is 2. The van der Waals surface area contributed by atoms with Crippen molar-refractivity contribution in [3.8, 4) is 11.3 Å². The molecule has 4 nitrogen and oxygen atoms in total. The molecule has 1 unspecified atom stereocenters. The van der Waals surface area contributed by atoms with E-state index in [0.717, 1.165) is 30.0 Å². The number of cyclic esters (lactones) is 1. The Morgan fingerprint density at radius 3 is 2.23 bits per heavy atom. The zero-order valence-corrected chi connectivity index (χ0v) is 23.9. The average molecular weight is 641 g/mol. The zero-order chi connectivity index (χ0) is 32.3. The number of carbonyl (C=O) groups is 1. The zero-order valence-electron chi connectivity index (χ0n) is 23.2. The molecule has 1 fully saturated rings. The number of rotatable bonds is 5. The molecular formula is C29H26ClF9N2O2. The van der Waals surface area contributed by atoms with Crippen molar-refractivity contribution >= 4 is 17.7 Å². The predicted molar refractivity (Wildman–Crippen MR) is 140 cm³/mol. The molecule has 0 bridgehead atoms. The van der Waals surface area contributed by atoms with Crippen molar-refractivity contribution in [2.75, 3.05) is 0 Å². The van der Waals surface area contributed by atoms with E-state index in [9.17, 15) is 44.3 Å². The lowest BCUT2D eigenvalue weighted by atomic mass is 9.71. The molecule has 0 N–H and O–H groups in total. The van der Waals surface area contributed by atoms with Crippen molar-refractivity contribution in [1.29, 1.82) is 0 Å². The monoisotopic (exact) mass is 640 g/mol. The predicted octanol–water partition coefficient (Wildman–Crippen LogP) is 9.64. The standard InChI is InChI=1S/C29H26ClF9N2O2/c1-14(2)22-8-7-21(30)23(40-22)20-6-5-17(27(31,32)33)9-16(20)13-41-15(3)24(43-25(41)42)26(4)11-18(28(34,35)36)10-19(12-26)29(37,38)39/h5-11,14-15,24H,12-13H2,1-4H3/t15-,24-,26?/m0/s1. The Kier molecular flexibility index (Phi) is 8.40. The van der Waals surface area contributed by atoms with Gasteiger partial charge in [0.25, 0.3) is 0 Å². The Morgan fingerprint density at radius 2 is 1.67 bits per heavy atom. The minimum Gasteiger partial charge on any atom is -0.443 e. The number of benzene rings is 1. The summed E-state index contributed by atoms with van der Waals surface area (Å²) in [5.74, 6) is -0.0650. The maximum absolute atomic E-state index is 13.7. The smallest absolute Gasteiger partial charge is 0.416 e. The number of amides is 1. The fourth-order valence-electron chi connectivity index (χ4n) is 5.41. The quantitative estimate of drug-likeness (QED) is 0.306. The highest BCUT2D eigenvalue weighted by Gasteiger charge is 2.54. The van der Waals surface area contributed by atoms with Gasteiger partial charge in [-0.05, 0) is 55.2 Å². The summed E-state index contributed by atoms with van der Waals surface area (Å²) in [6.45, 7) is 5.64. The van der Waals surface area contributed by atoms with Gasteiger partial charge in [0.05, 0.1) is 34.4 Å². The van der Waals surface area contributed by atoms with Crippen LogP contribution >= 0.6 is 11.6 Å². The maximum Gasteiger partial charge on any atom is 0.416 e. The molecule has 1 aromatic heterocycles. The third-order valence-electron chi connectivity index (χ3n) is 7.61. The van der Waals surface area contributed by atoms with Crippen LogP contribution in [0.15, 0.2) is 53.6 Å². The summed E-state index contributed by atoms with van der Waals surface area (Å²) in [6.07, 6.45) is -17.9. The third-order valence-corrected chi connectivity index (χ3v) is 7.91. The number of carbonyl (C=O) groups excluding carboxylic acids is 1. The Morgan fingerprint density at radius 1 is 1.02 bits per heavy atom. The topological polar surface area (TPSA) is 42.4 Å². The second-order valence-corrected chi connectivity index (χ2v) is 11.6. The largest absolute Gasteiger partial charge is 0.443 e. The maximum atomic E-state index is 13.7. The van der Waals surface area contributed by atoms with Crippen LogP contribution in [0.25, 0.3) is 11.3 Å². The van der Waals surface area contributed by atoms with Crippen LogP contribution in [0.5, 0.6) is 0 Å². The first kappa shape index (κ1) is 32.7. The van der Waals surface area contributed by atoms with Gasteiger partial charge in [-0.3, -0.25) is 9.88 Å². The van der Waals surface area contributed by atoms with Gasteiger partial charge in [-0.25, -0.2) is 4.79 Å². The van der Waals surface area contributed by atoms with Crippen molar-refractivity contribution in [3.05, 3.63) is 75.5 Å². The lowest BCUT2D eigenvalue weighted by Crippen LogP contribution is -2.44. The average Bonchev–Trinajstić information content (AvgIpc) is 3.16. The van der Waals surface area contributed by atoms with Crippen LogP contribution in [-0.2, 0) is 17.5 Å². The summed E-state index contributed by atoms with van der Waals surface area (Å²) < 4.78 is 128. The number of hydrogen-bond acceptors (Lipinski definition) is 3. The Hall–Kier alpha value is -3.22. The van der Waals surface area contributed by atoms with Crippen molar-refractivity contribution < 1.29 is 49.0 Å². The Balaban J connectivity index is 1.76. The summed E-state index contributed by atoms with van der Waals surface area (Å²) >= 11 is 6.37. The van der Waals surface area contributed by atoms with Gasteiger partial charge in [-0.15, -0.1) is 0 Å². The molecule has 3 atom stereocenters. The lowest BCUT2D eigenvalue weighted by Gasteiger charge is -2.38. The van der Waals surface area contributed by atoms with Gasteiger partial charge in [-0.1, -0.05) is 44.5 Å². The van der Waals surface area contributed by atoms with Crippen LogP contribution < -0.4 is 0 Å². The highest BCUT2D eigenvalue weighted by Crippen LogP contribution is 2.49. The van der Waals surface area contributed by atoms with Gasteiger partial charge in [0.2, 0.25) is 0 Å². The Bertz CT molecular complexity index is 1480. The molecule has 2 aliphatic rings. The van der Waals surface area contributed by atoms with Crippen molar-refractivity contribution in [2.45, 2.75) is 77.3 Å². The number of alkyl halides is 9. The van der Waals surface area contributed by atoms with E-state index in [1.165, 1.54) is 13.0 Å². The molecule has 0 saturated carbocycles. The molecule has 1 aliphatic heterocycles. The Labute approximate surface area is 246 Å². The van der Waals surface area contributed by atoms with Gasteiger partial charge >= 0.3 is 24.6 Å². The highest BCUT2D eigenvalue weighted by molar-refractivity contribution is 6.33. The minimum absolute atomic E-state index is 0.0257. The van der Waals surface area contributed by atoms with E-state index in [2.05, 4.69) is 4.98 Å². The third kappa shape index (κ3) is 6.66. The number of ether oxygens (including phenoxy) is 1. The fourth-order valence-corrected chi connectivity index (χ4v) is 5.61.